The van der Waals surface area contributed by atoms with Gasteiger partial charge in [-0.3, -0.25) is 4.90 Å². The molecule has 0 bridgehead atoms. The number of hydrogen-bond donors (Lipinski definition) is 2. The topological polar surface area (TPSA) is 35.5 Å². The fraction of sp³-hybridized carbons (Fsp3) is 1.00. The van der Waals surface area contributed by atoms with E-state index < -0.39 is 5.60 Å². The van der Waals surface area contributed by atoms with Crippen LogP contribution in [0.1, 0.15) is 53.4 Å². The van der Waals surface area contributed by atoms with Gasteiger partial charge in [0.25, 0.3) is 0 Å². The third-order valence-corrected chi connectivity index (χ3v) is 3.99. The summed E-state index contributed by atoms with van der Waals surface area (Å²) in [5, 5.41) is 13.8. The van der Waals surface area contributed by atoms with Crippen LogP contribution in [0, 0.1) is 5.92 Å². The first-order chi connectivity index (χ1) is 8.44. The van der Waals surface area contributed by atoms with E-state index in [1.807, 2.05) is 6.92 Å². The van der Waals surface area contributed by atoms with E-state index in [4.69, 9.17) is 0 Å². The molecular weight excluding hydrogens is 224 g/mol. The predicted octanol–water partition coefficient (Wildman–Crippen LogP) is 2.25. The molecule has 108 valence electrons. The smallest absolute Gasteiger partial charge is 0.0743 e. The largest absolute Gasteiger partial charge is 0.389 e. The summed E-state index contributed by atoms with van der Waals surface area (Å²) < 4.78 is 0. The van der Waals surface area contributed by atoms with Gasteiger partial charge in [0.05, 0.1) is 5.60 Å². The zero-order chi connectivity index (χ0) is 13.6. The molecule has 18 heavy (non-hydrogen) atoms. The van der Waals surface area contributed by atoms with Crippen LogP contribution in [0.2, 0.25) is 0 Å². The van der Waals surface area contributed by atoms with Gasteiger partial charge in [0.2, 0.25) is 0 Å². The van der Waals surface area contributed by atoms with Gasteiger partial charge in [-0.1, -0.05) is 27.2 Å². The molecule has 2 unspecified atom stereocenters. The standard InChI is InChI=1S/C15H32N2O/c1-5-15(4,18)12-17-9-7-6-8-14(17)11-16-10-13(2)3/h13-14,16,18H,5-12H2,1-4H3. The summed E-state index contributed by atoms with van der Waals surface area (Å²) in [6, 6.07) is 0.607. The molecule has 2 N–H and O–H groups in total. The van der Waals surface area contributed by atoms with Gasteiger partial charge in [-0.25, -0.2) is 0 Å². The monoisotopic (exact) mass is 256 g/mol. The van der Waals surface area contributed by atoms with Crippen molar-refractivity contribution in [3.8, 4) is 0 Å². The predicted molar refractivity (Wildman–Crippen MR) is 77.8 cm³/mol. The third-order valence-electron chi connectivity index (χ3n) is 3.99. The highest BCUT2D eigenvalue weighted by molar-refractivity contribution is 4.84. The van der Waals surface area contributed by atoms with Crippen molar-refractivity contribution < 1.29 is 5.11 Å². The first-order valence-electron chi connectivity index (χ1n) is 7.62. The molecule has 0 spiro atoms. The Hall–Kier alpha value is -0.120. The Morgan fingerprint density at radius 1 is 1.39 bits per heavy atom. The van der Waals surface area contributed by atoms with Crippen LogP contribution in [-0.2, 0) is 0 Å². The number of nitrogens with zero attached hydrogens (tertiary/aromatic N) is 1. The molecule has 1 fully saturated rings. The van der Waals surface area contributed by atoms with Crippen LogP contribution in [-0.4, -0.2) is 47.8 Å². The van der Waals surface area contributed by atoms with Gasteiger partial charge >= 0.3 is 0 Å². The van der Waals surface area contributed by atoms with Crippen LogP contribution in [0.4, 0.5) is 0 Å². The van der Waals surface area contributed by atoms with Gasteiger partial charge < -0.3 is 10.4 Å². The molecule has 2 atom stereocenters. The lowest BCUT2D eigenvalue weighted by Gasteiger charge is -2.40. The summed E-state index contributed by atoms with van der Waals surface area (Å²) in [7, 11) is 0. The van der Waals surface area contributed by atoms with Crippen molar-refractivity contribution in [1.82, 2.24) is 10.2 Å². The quantitative estimate of drug-likeness (QED) is 0.733. The number of hydrogen-bond acceptors (Lipinski definition) is 3. The molecule has 0 aliphatic carbocycles. The first kappa shape index (κ1) is 15.9. The second-order valence-corrected chi connectivity index (χ2v) is 6.52. The fourth-order valence-corrected chi connectivity index (χ4v) is 2.59. The second kappa shape index (κ2) is 7.46. The van der Waals surface area contributed by atoms with E-state index in [9.17, 15) is 5.11 Å². The van der Waals surface area contributed by atoms with Crippen molar-refractivity contribution >= 4 is 0 Å². The highest BCUT2D eigenvalue weighted by atomic mass is 16.3. The molecular formula is C15H32N2O. The van der Waals surface area contributed by atoms with E-state index in [1.165, 1.54) is 19.3 Å². The maximum Gasteiger partial charge on any atom is 0.0743 e. The van der Waals surface area contributed by atoms with E-state index in [-0.39, 0.29) is 0 Å². The van der Waals surface area contributed by atoms with Crippen LogP contribution in [0.5, 0.6) is 0 Å². The molecule has 1 heterocycles. The Morgan fingerprint density at radius 3 is 2.72 bits per heavy atom. The Balaban J connectivity index is 2.41. The lowest BCUT2D eigenvalue weighted by atomic mass is 9.97. The van der Waals surface area contributed by atoms with Crippen molar-refractivity contribution in [2.24, 2.45) is 5.92 Å². The molecule has 0 amide bonds. The summed E-state index contributed by atoms with van der Waals surface area (Å²) in [5.41, 5.74) is -0.534. The zero-order valence-corrected chi connectivity index (χ0v) is 12.7. The molecule has 0 aromatic heterocycles. The van der Waals surface area contributed by atoms with Crippen molar-refractivity contribution in [2.75, 3.05) is 26.2 Å². The minimum absolute atomic E-state index is 0.534. The lowest BCUT2D eigenvalue weighted by Crippen LogP contribution is -2.51. The zero-order valence-electron chi connectivity index (χ0n) is 12.7. The molecule has 0 aromatic carbocycles. The van der Waals surface area contributed by atoms with Gasteiger partial charge in [-0.05, 0) is 45.2 Å². The van der Waals surface area contributed by atoms with Crippen molar-refractivity contribution in [3.63, 3.8) is 0 Å². The van der Waals surface area contributed by atoms with Crippen LogP contribution in [0.25, 0.3) is 0 Å². The molecule has 0 aromatic rings. The summed E-state index contributed by atoms with van der Waals surface area (Å²) >= 11 is 0. The van der Waals surface area contributed by atoms with E-state index >= 15 is 0 Å². The summed E-state index contributed by atoms with van der Waals surface area (Å²) in [6.07, 6.45) is 4.71. The second-order valence-electron chi connectivity index (χ2n) is 6.52. The summed E-state index contributed by atoms with van der Waals surface area (Å²) in [4.78, 5) is 2.49. The minimum Gasteiger partial charge on any atom is -0.389 e. The normalized spacial score (nSPS) is 25.3. The molecule has 1 aliphatic rings. The molecule has 3 heteroatoms. The van der Waals surface area contributed by atoms with E-state index in [0.29, 0.717) is 12.0 Å². The summed E-state index contributed by atoms with van der Waals surface area (Å²) in [6.45, 7) is 12.6. The van der Waals surface area contributed by atoms with Crippen LogP contribution < -0.4 is 5.32 Å². The lowest BCUT2D eigenvalue weighted by molar-refractivity contribution is -0.00602. The fourth-order valence-electron chi connectivity index (χ4n) is 2.59. The Kier molecular flexibility index (Phi) is 6.61. The molecule has 1 aliphatic heterocycles. The van der Waals surface area contributed by atoms with E-state index in [1.54, 1.807) is 0 Å². The average molecular weight is 256 g/mol. The van der Waals surface area contributed by atoms with Crippen molar-refractivity contribution in [3.05, 3.63) is 0 Å². The Bertz CT molecular complexity index is 229. The van der Waals surface area contributed by atoms with Crippen LogP contribution in [0.3, 0.4) is 0 Å². The minimum atomic E-state index is -0.534. The third kappa shape index (κ3) is 5.68. The Labute approximate surface area is 113 Å². The average Bonchev–Trinajstić information content (AvgIpc) is 2.30. The number of aliphatic hydroxyl groups is 1. The highest BCUT2D eigenvalue weighted by Gasteiger charge is 2.28. The molecule has 0 saturated carbocycles. The maximum absolute atomic E-state index is 10.2. The number of nitrogens with one attached hydrogen (secondary N) is 1. The Morgan fingerprint density at radius 2 is 2.11 bits per heavy atom. The molecule has 3 nitrogen and oxygen atoms in total. The number of likely N-dealkylation sites (tertiary alicyclic amines) is 1. The molecule has 0 radical (unpaired) electrons. The number of rotatable bonds is 7. The van der Waals surface area contributed by atoms with Gasteiger partial charge in [0.15, 0.2) is 0 Å². The highest BCUT2D eigenvalue weighted by Crippen LogP contribution is 2.20. The van der Waals surface area contributed by atoms with E-state index in [0.717, 1.165) is 32.6 Å². The van der Waals surface area contributed by atoms with Crippen LogP contribution in [0.15, 0.2) is 0 Å². The van der Waals surface area contributed by atoms with Gasteiger partial charge in [0.1, 0.15) is 0 Å². The van der Waals surface area contributed by atoms with Crippen molar-refractivity contribution in [1.29, 1.82) is 0 Å². The number of piperidine rings is 1. The maximum atomic E-state index is 10.2. The van der Waals surface area contributed by atoms with Gasteiger partial charge in [-0.15, -0.1) is 0 Å². The summed E-state index contributed by atoms with van der Waals surface area (Å²) in [5.74, 6) is 0.709. The molecule has 1 saturated heterocycles. The van der Waals surface area contributed by atoms with Gasteiger partial charge in [-0.2, -0.15) is 0 Å². The van der Waals surface area contributed by atoms with Gasteiger partial charge in [0, 0.05) is 19.1 Å². The van der Waals surface area contributed by atoms with Crippen LogP contribution >= 0.6 is 0 Å². The SMILES string of the molecule is CCC(C)(O)CN1CCCCC1CNCC(C)C. The first-order valence-corrected chi connectivity index (χ1v) is 7.62. The van der Waals surface area contributed by atoms with Crippen molar-refractivity contribution in [2.45, 2.75) is 65.0 Å². The molecule has 1 rings (SSSR count). The number of β-amino-alcohol motifs (C(OH)–C–C–N with tert-alkyl or cyclic N) is 1. The van der Waals surface area contributed by atoms with E-state index in [2.05, 4.69) is 31.0 Å².